The highest BCUT2D eigenvalue weighted by molar-refractivity contribution is 6.74. The first-order valence-electron chi connectivity index (χ1n) is 12.3. The number of amides is 1. The molecule has 0 spiro atoms. The number of nitrogens with zero attached hydrogens (tertiary/aromatic N) is 4. The van der Waals surface area contributed by atoms with Crippen molar-refractivity contribution in [3.63, 3.8) is 0 Å². The van der Waals surface area contributed by atoms with Crippen molar-refractivity contribution in [3.05, 3.63) is 12.7 Å². The maximum Gasteiger partial charge on any atom is 0.413 e. The van der Waals surface area contributed by atoms with Crippen LogP contribution in [-0.2, 0) is 23.4 Å². The first kappa shape index (κ1) is 26.9. The lowest BCUT2D eigenvalue weighted by Crippen LogP contribution is -2.44. The molecule has 11 nitrogen and oxygen atoms in total. The minimum absolute atomic E-state index is 0.0751. The van der Waals surface area contributed by atoms with Crippen LogP contribution < -0.4 is 5.32 Å². The van der Waals surface area contributed by atoms with E-state index in [1.165, 1.54) is 6.33 Å². The Bertz CT molecular complexity index is 1120. The molecule has 2 aromatic heterocycles. The monoisotopic (exact) mass is 521 g/mol. The summed E-state index contributed by atoms with van der Waals surface area (Å²) in [7, 11) is -1.99. The smallest absolute Gasteiger partial charge is 0.413 e. The van der Waals surface area contributed by atoms with Gasteiger partial charge < -0.3 is 23.4 Å². The normalized spacial score (nSPS) is 26.3. The zero-order valence-electron chi connectivity index (χ0n) is 22.9. The molecule has 36 heavy (non-hydrogen) atoms. The lowest BCUT2D eigenvalue weighted by atomic mass is 10.1. The van der Waals surface area contributed by atoms with E-state index in [1.54, 1.807) is 31.7 Å². The molecule has 2 fully saturated rings. The number of fused-ring (bicyclic) bond motifs is 2. The van der Waals surface area contributed by atoms with Crippen molar-refractivity contribution >= 4 is 31.4 Å². The average Bonchev–Trinajstić information content (AvgIpc) is 3.35. The van der Waals surface area contributed by atoms with Gasteiger partial charge in [0, 0.05) is 0 Å². The fourth-order valence-electron chi connectivity index (χ4n) is 4.05. The van der Waals surface area contributed by atoms with Crippen LogP contribution in [0.15, 0.2) is 12.7 Å². The number of hydrogen-bond donors (Lipinski definition) is 1. The molecule has 0 aromatic carbocycles. The summed E-state index contributed by atoms with van der Waals surface area (Å²) < 4.78 is 32.6. The minimum Gasteiger partial charge on any atom is -0.444 e. The van der Waals surface area contributed by atoms with Crippen LogP contribution in [0.1, 0.15) is 61.6 Å². The van der Waals surface area contributed by atoms with Gasteiger partial charge in [-0.2, -0.15) is 0 Å². The van der Waals surface area contributed by atoms with Crippen LogP contribution in [0.4, 0.5) is 10.6 Å². The van der Waals surface area contributed by atoms with Crippen molar-refractivity contribution in [2.45, 2.75) is 109 Å². The van der Waals surface area contributed by atoms with Gasteiger partial charge in [0.1, 0.15) is 30.2 Å². The molecule has 4 atom stereocenters. The topological polar surface area (TPSA) is 119 Å². The fourth-order valence-corrected chi connectivity index (χ4v) is 5.07. The lowest BCUT2D eigenvalue weighted by Gasteiger charge is -2.37. The number of ether oxygens (including phenoxy) is 4. The molecular weight excluding hydrogens is 482 g/mol. The molecule has 4 heterocycles. The molecule has 0 radical (unpaired) electrons. The van der Waals surface area contributed by atoms with Gasteiger partial charge >= 0.3 is 6.09 Å². The SMILES string of the molecule is CC(C)(C)OC(=O)Nc1ncnc2c1ncn2[C@H]1O[C@@H](CO[Si](C)(C)C(C)(C)C)C2OC(C)(C)O[C@H]21. The van der Waals surface area contributed by atoms with Crippen LogP contribution in [0.3, 0.4) is 0 Å². The zero-order valence-corrected chi connectivity index (χ0v) is 23.9. The average molecular weight is 522 g/mol. The van der Waals surface area contributed by atoms with Crippen LogP contribution >= 0.6 is 0 Å². The molecular formula is C24H39N5O6Si. The highest BCUT2D eigenvalue weighted by Gasteiger charge is 2.56. The number of rotatable bonds is 5. The number of aromatic nitrogens is 4. The van der Waals surface area contributed by atoms with Gasteiger partial charge in [0.05, 0.1) is 12.9 Å². The maximum absolute atomic E-state index is 12.3. The highest BCUT2D eigenvalue weighted by atomic mass is 28.4. The first-order valence-corrected chi connectivity index (χ1v) is 15.2. The fraction of sp³-hybridized carbons (Fsp3) is 0.750. The summed E-state index contributed by atoms with van der Waals surface area (Å²) in [5.41, 5.74) is 0.276. The van der Waals surface area contributed by atoms with Crippen molar-refractivity contribution in [2.75, 3.05) is 11.9 Å². The number of hydrogen-bond acceptors (Lipinski definition) is 9. The minimum atomic E-state index is -1.99. The van der Waals surface area contributed by atoms with Gasteiger partial charge in [-0.15, -0.1) is 0 Å². The summed E-state index contributed by atoms with van der Waals surface area (Å²) in [6.07, 6.45) is 0.803. The lowest BCUT2D eigenvalue weighted by molar-refractivity contribution is -0.199. The van der Waals surface area contributed by atoms with Crippen molar-refractivity contribution in [3.8, 4) is 0 Å². The van der Waals surface area contributed by atoms with E-state index in [2.05, 4.69) is 54.1 Å². The van der Waals surface area contributed by atoms with Crippen LogP contribution in [0.5, 0.6) is 0 Å². The third-order valence-electron chi connectivity index (χ3n) is 6.79. The van der Waals surface area contributed by atoms with Gasteiger partial charge in [-0.05, 0) is 52.8 Å². The van der Waals surface area contributed by atoms with Crippen molar-refractivity contribution in [1.82, 2.24) is 19.5 Å². The number of nitrogens with one attached hydrogen (secondary N) is 1. The predicted octanol–water partition coefficient (Wildman–Crippen LogP) is 4.61. The van der Waals surface area contributed by atoms with E-state index in [4.69, 9.17) is 23.4 Å². The largest absolute Gasteiger partial charge is 0.444 e. The third-order valence-corrected chi connectivity index (χ3v) is 11.3. The molecule has 4 rings (SSSR count). The Balaban J connectivity index is 1.59. The molecule has 200 valence electrons. The first-order chi connectivity index (χ1) is 16.5. The van der Waals surface area contributed by atoms with Gasteiger partial charge in [0.2, 0.25) is 0 Å². The van der Waals surface area contributed by atoms with Crippen molar-refractivity contribution in [2.24, 2.45) is 0 Å². The van der Waals surface area contributed by atoms with E-state index >= 15 is 0 Å². The van der Waals surface area contributed by atoms with E-state index in [0.717, 1.165) is 0 Å². The summed E-state index contributed by atoms with van der Waals surface area (Å²) >= 11 is 0. The van der Waals surface area contributed by atoms with Gasteiger partial charge in [0.25, 0.3) is 0 Å². The van der Waals surface area contributed by atoms with E-state index in [0.29, 0.717) is 17.8 Å². The van der Waals surface area contributed by atoms with Gasteiger partial charge in [0.15, 0.2) is 37.3 Å². The van der Waals surface area contributed by atoms with Gasteiger partial charge in [-0.1, -0.05) is 20.8 Å². The quantitative estimate of drug-likeness (QED) is 0.562. The molecule has 2 aliphatic heterocycles. The molecule has 1 unspecified atom stereocenters. The number of anilines is 1. The Morgan fingerprint density at radius 1 is 1.11 bits per heavy atom. The second kappa shape index (κ2) is 9.01. The Morgan fingerprint density at radius 2 is 1.78 bits per heavy atom. The third kappa shape index (κ3) is 5.42. The van der Waals surface area contributed by atoms with Crippen LogP contribution in [0.2, 0.25) is 18.1 Å². The van der Waals surface area contributed by atoms with Gasteiger partial charge in [-0.25, -0.2) is 19.7 Å². The molecule has 12 heteroatoms. The Kier molecular flexibility index (Phi) is 6.74. The Labute approximate surface area is 213 Å². The molecule has 0 bridgehead atoms. The summed E-state index contributed by atoms with van der Waals surface area (Å²) in [6.45, 7) is 20.6. The Morgan fingerprint density at radius 3 is 2.42 bits per heavy atom. The molecule has 0 saturated carbocycles. The molecule has 2 aromatic rings. The molecule has 1 N–H and O–H groups in total. The number of carbonyl (C=O) groups is 1. The summed E-state index contributed by atoms with van der Waals surface area (Å²) in [5, 5.41) is 2.74. The maximum atomic E-state index is 12.3. The molecule has 0 aliphatic carbocycles. The highest BCUT2D eigenvalue weighted by Crippen LogP contribution is 2.45. The van der Waals surface area contributed by atoms with Crippen molar-refractivity contribution < 1.29 is 28.2 Å². The van der Waals surface area contributed by atoms with E-state index in [-0.39, 0.29) is 29.2 Å². The van der Waals surface area contributed by atoms with E-state index in [9.17, 15) is 4.79 Å². The van der Waals surface area contributed by atoms with Crippen LogP contribution in [0, 0.1) is 0 Å². The van der Waals surface area contributed by atoms with Gasteiger partial charge in [-0.3, -0.25) is 9.88 Å². The molecule has 2 saturated heterocycles. The molecule has 2 aliphatic rings. The zero-order chi connectivity index (χ0) is 26.7. The second-order valence-corrected chi connectivity index (χ2v) is 17.2. The van der Waals surface area contributed by atoms with Crippen molar-refractivity contribution in [1.29, 1.82) is 0 Å². The predicted molar refractivity (Wildman–Crippen MR) is 136 cm³/mol. The van der Waals surface area contributed by atoms with Crippen LogP contribution in [-0.4, -0.2) is 70.2 Å². The number of carbonyl (C=O) groups excluding carboxylic acids is 1. The second-order valence-electron chi connectivity index (χ2n) is 12.4. The number of imidazole rings is 1. The summed E-state index contributed by atoms with van der Waals surface area (Å²) in [4.78, 5) is 25.4. The Hall–Kier alpha value is -2.12. The van der Waals surface area contributed by atoms with E-state index in [1.807, 2.05) is 13.8 Å². The standard InChI is InChI=1S/C24H39N5O6Si/c1-22(2,3)35-21(30)28-18-15-19(26-12-25-18)29(13-27-15)20-17-16(33-24(7,8)34-17)14(32-20)11-31-36(9,10)23(4,5)6/h12-14,16-17,20H,11H2,1-10H3,(H,25,26,28,30)/t14-,16?,17+,20-/m0/s1. The summed E-state index contributed by atoms with van der Waals surface area (Å²) in [6, 6.07) is 0. The summed E-state index contributed by atoms with van der Waals surface area (Å²) in [5.74, 6) is -0.509. The molecule has 1 amide bonds. The van der Waals surface area contributed by atoms with E-state index < -0.39 is 32.0 Å². The van der Waals surface area contributed by atoms with Crippen LogP contribution in [0.25, 0.3) is 11.2 Å².